The van der Waals surface area contributed by atoms with E-state index in [0.29, 0.717) is 0 Å². The van der Waals surface area contributed by atoms with E-state index in [1.807, 2.05) is 13.0 Å². The first-order chi connectivity index (χ1) is 8.14. The summed E-state index contributed by atoms with van der Waals surface area (Å²) < 4.78 is 6.61. The largest absolute Gasteiger partial charge is 0.391 e. The zero-order chi connectivity index (χ0) is 13.1. The van der Waals surface area contributed by atoms with Gasteiger partial charge in [-0.2, -0.15) is 0 Å². The standard InChI is InChI=1S/C14H30NO2/c1-5-8-9-10-14(17-7-3)15(4,11-6-2)12-13-16/h6,14,16H,2,5,7-13H2,1,3-4H3/q+1. The Morgan fingerprint density at radius 3 is 2.53 bits per heavy atom. The molecule has 1 N–H and O–H groups in total. The monoisotopic (exact) mass is 244 g/mol. The first kappa shape index (κ1) is 16.6. The summed E-state index contributed by atoms with van der Waals surface area (Å²) in [5.41, 5.74) is 0. The average Bonchev–Trinajstić information content (AvgIpc) is 2.29. The molecule has 0 spiro atoms. The summed E-state index contributed by atoms with van der Waals surface area (Å²) in [6.45, 7) is 10.6. The third-order valence-electron chi connectivity index (χ3n) is 3.27. The molecule has 0 bridgehead atoms. The van der Waals surface area contributed by atoms with Crippen LogP contribution in [0.2, 0.25) is 0 Å². The Hall–Kier alpha value is -0.380. The number of quaternary nitrogens is 1. The predicted octanol–water partition coefficient (Wildman–Crippen LogP) is 2.55. The van der Waals surface area contributed by atoms with E-state index < -0.39 is 0 Å². The van der Waals surface area contributed by atoms with Crippen LogP contribution in [-0.2, 0) is 4.74 Å². The molecule has 2 atom stereocenters. The number of nitrogens with zero attached hydrogens (tertiary/aromatic N) is 1. The van der Waals surface area contributed by atoms with E-state index >= 15 is 0 Å². The van der Waals surface area contributed by atoms with Gasteiger partial charge < -0.3 is 9.84 Å². The summed E-state index contributed by atoms with van der Waals surface area (Å²) in [6.07, 6.45) is 6.82. The normalized spacial score (nSPS) is 16.5. The van der Waals surface area contributed by atoms with Gasteiger partial charge in [0, 0.05) is 6.42 Å². The first-order valence-corrected chi connectivity index (χ1v) is 6.82. The summed E-state index contributed by atoms with van der Waals surface area (Å²) in [7, 11) is 2.14. The number of likely N-dealkylation sites (N-methyl/N-ethyl adjacent to an activating group) is 1. The molecule has 0 rings (SSSR count). The van der Waals surface area contributed by atoms with Crippen LogP contribution in [-0.4, -0.2) is 49.2 Å². The van der Waals surface area contributed by atoms with E-state index in [2.05, 4.69) is 20.6 Å². The fraction of sp³-hybridized carbons (Fsp3) is 0.857. The molecule has 0 radical (unpaired) electrons. The number of unbranched alkanes of at least 4 members (excludes halogenated alkanes) is 2. The molecule has 2 unspecified atom stereocenters. The van der Waals surface area contributed by atoms with E-state index in [-0.39, 0.29) is 12.8 Å². The summed E-state index contributed by atoms with van der Waals surface area (Å²) in [5.74, 6) is 0. The van der Waals surface area contributed by atoms with Crippen molar-refractivity contribution in [3.05, 3.63) is 12.7 Å². The lowest BCUT2D eigenvalue weighted by Gasteiger charge is -2.40. The molecular formula is C14H30NO2+. The predicted molar refractivity (Wildman–Crippen MR) is 72.8 cm³/mol. The lowest BCUT2D eigenvalue weighted by Crippen LogP contribution is -2.55. The summed E-state index contributed by atoms with van der Waals surface area (Å²) in [6, 6.07) is 0. The fourth-order valence-corrected chi connectivity index (χ4v) is 2.21. The third-order valence-corrected chi connectivity index (χ3v) is 3.27. The summed E-state index contributed by atoms with van der Waals surface area (Å²) in [5, 5.41) is 9.21. The first-order valence-electron chi connectivity index (χ1n) is 6.82. The van der Waals surface area contributed by atoms with Crippen LogP contribution in [0.4, 0.5) is 0 Å². The van der Waals surface area contributed by atoms with Crippen molar-refractivity contribution in [1.82, 2.24) is 0 Å². The highest BCUT2D eigenvalue weighted by Gasteiger charge is 2.31. The Morgan fingerprint density at radius 1 is 1.35 bits per heavy atom. The molecule has 0 saturated carbocycles. The summed E-state index contributed by atoms with van der Waals surface area (Å²) in [4.78, 5) is 0. The molecule has 0 aliphatic rings. The number of hydrogen-bond donors (Lipinski definition) is 1. The number of aliphatic hydroxyl groups excluding tert-OH is 1. The van der Waals surface area contributed by atoms with Gasteiger partial charge in [-0.1, -0.05) is 26.3 Å². The molecule has 0 aromatic carbocycles. The van der Waals surface area contributed by atoms with Crippen molar-refractivity contribution < 1.29 is 14.3 Å². The Balaban J connectivity index is 4.50. The van der Waals surface area contributed by atoms with Gasteiger partial charge >= 0.3 is 0 Å². The van der Waals surface area contributed by atoms with Crippen molar-refractivity contribution in [2.45, 2.75) is 45.8 Å². The SMILES string of the molecule is C=CC[N+](C)(CCO)C(CCCCC)OCC. The van der Waals surface area contributed by atoms with Crippen LogP contribution >= 0.6 is 0 Å². The molecule has 0 fully saturated rings. The topological polar surface area (TPSA) is 29.5 Å². The minimum Gasteiger partial charge on any atom is -0.391 e. The maximum Gasteiger partial charge on any atom is 0.193 e. The maximum atomic E-state index is 9.21. The average molecular weight is 244 g/mol. The van der Waals surface area contributed by atoms with Gasteiger partial charge in [0.25, 0.3) is 0 Å². The van der Waals surface area contributed by atoms with Crippen molar-refractivity contribution in [1.29, 1.82) is 0 Å². The second-order valence-electron chi connectivity index (χ2n) is 4.80. The van der Waals surface area contributed by atoms with E-state index in [9.17, 15) is 5.11 Å². The van der Waals surface area contributed by atoms with Gasteiger partial charge in [-0.3, -0.25) is 4.48 Å². The van der Waals surface area contributed by atoms with Gasteiger partial charge in [-0.15, -0.1) is 0 Å². The lowest BCUT2D eigenvalue weighted by atomic mass is 10.1. The van der Waals surface area contributed by atoms with Gasteiger partial charge in [-0.05, 0) is 19.4 Å². The molecule has 0 amide bonds. The minimum absolute atomic E-state index is 0.177. The highest BCUT2D eigenvalue weighted by atomic mass is 16.5. The number of ether oxygens (including phenoxy) is 1. The maximum absolute atomic E-state index is 9.21. The van der Waals surface area contributed by atoms with Crippen molar-refractivity contribution in [2.24, 2.45) is 0 Å². The van der Waals surface area contributed by atoms with Crippen LogP contribution < -0.4 is 0 Å². The zero-order valence-electron chi connectivity index (χ0n) is 11.8. The zero-order valence-corrected chi connectivity index (χ0v) is 11.8. The minimum atomic E-state index is 0.177. The number of rotatable bonds is 11. The van der Waals surface area contributed by atoms with E-state index in [0.717, 1.165) is 30.6 Å². The molecule has 3 heteroatoms. The van der Waals surface area contributed by atoms with Crippen molar-refractivity contribution in [3.63, 3.8) is 0 Å². The molecular weight excluding hydrogens is 214 g/mol. The van der Waals surface area contributed by atoms with Crippen molar-refractivity contribution in [2.75, 3.05) is 33.4 Å². The van der Waals surface area contributed by atoms with Crippen LogP contribution in [0.25, 0.3) is 0 Å². The van der Waals surface area contributed by atoms with Crippen LogP contribution in [0, 0.1) is 0 Å². The highest BCUT2D eigenvalue weighted by molar-refractivity contribution is 4.67. The van der Waals surface area contributed by atoms with Crippen LogP contribution in [0.15, 0.2) is 12.7 Å². The van der Waals surface area contributed by atoms with Crippen molar-refractivity contribution in [3.8, 4) is 0 Å². The second kappa shape index (κ2) is 9.63. The number of hydrogen-bond acceptors (Lipinski definition) is 2. The van der Waals surface area contributed by atoms with Crippen molar-refractivity contribution >= 4 is 0 Å². The van der Waals surface area contributed by atoms with Gasteiger partial charge in [0.05, 0.1) is 26.8 Å². The van der Waals surface area contributed by atoms with E-state index in [1.165, 1.54) is 19.3 Å². The smallest absolute Gasteiger partial charge is 0.193 e. The molecule has 3 nitrogen and oxygen atoms in total. The van der Waals surface area contributed by atoms with E-state index in [1.54, 1.807) is 0 Å². The van der Waals surface area contributed by atoms with Crippen LogP contribution in [0.1, 0.15) is 39.5 Å². The number of aliphatic hydroxyl groups is 1. The Kier molecular flexibility index (Phi) is 9.41. The Bertz CT molecular complexity index is 197. The molecule has 0 aromatic rings. The molecule has 0 aromatic heterocycles. The molecule has 0 heterocycles. The second-order valence-corrected chi connectivity index (χ2v) is 4.80. The van der Waals surface area contributed by atoms with Gasteiger partial charge in [0.1, 0.15) is 6.54 Å². The third kappa shape index (κ3) is 6.20. The molecule has 17 heavy (non-hydrogen) atoms. The highest BCUT2D eigenvalue weighted by Crippen LogP contribution is 2.18. The molecule has 0 saturated heterocycles. The van der Waals surface area contributed by atoms with Gasteiger partial charge in [0.2, 0.25) is 0 Å². The molecule has 0 aliphatic heterocycles. The van der Waals surface area contributed by atoms with Crippen LogP contribution in [0.3, 0.4) is 0 Å². The lowest BCUT2D eigenvalue weighted by molar-refractivity contribution is -0.950. The molecule has 0 aliphatic carbocycles. The van der Waals surface area contributed by atoms with Crippen LogP contribution in [0.5, 0.6) is 0 Å². The fourth-order valence-electron chi connectivity index (χ4n) is 2.21. The van der Waals surface area contributed by atoms with Gasteiger partial charge in [-0.25, -0.2) is 0 Å². The summed E-state index contributed by atoms with van der Waals surface area (Å²) >= 11 is 0. The van der Waals surface area contributed by atoms with Gasteiger partial charge in [0.15, 0.2) is 6.23 Å². The van der Waals surface area contributed by atoms with E-state index in [4.69, 9.17) is 4.74 Å². The Labute approximate surface area is 107 Å². The molecule has 102 valence electrons. The quantitative estimate of drug-likeness (QED) is 0.262. The Morgan fingerprint density at radius 2 is 2.06 bits per heavy atom.